The van der Waals surface area contributed by atoms with Gasteiger partial charge in [-0.05, 0) is 24.1 Å². The van der Waals surface area contributed by atoms with Gasteiger partial charge in [0.1, 0.15) is 6.10 Å². The van der Waals surface area contributed by atoms with E-state index in [1.165, 1.54) is 20.8 Å². The van der Waals surface area contributed by atoms with Gasteiger partial charge in [-0.1, -0.05) is 23.7 Å². The summed E-state index contributed by atoms with van der Waals surface area (Å²) in [5.41, 5.74) is 1.54. The zero-order chi connectivity index (χ0) is 19.4. The summed E-state index contributed by atoms with van der Waals surface area (Å²) in [7, 11) is 0. The normalized spacial score (nSPS) is 25.3. The van der Waals surface area contributed by atoms with E-state index in [1.807, 2.05) is 13.0 Å². The molecule has 142 valence electrons. The van der Waals surface area contributed by atoms with Gasteiger partial charge in [0.2, 0.25) is 0 Å². The molecule has 7 nitrogen and oxygen atoms in total. The lowest BCUT2D eigenvalue weighted by molar-refractivity contribution is -0.227. The molecule has 1 aromatic rings. The first-order valence-corrected chi connectivity index (χ1v) is 8.46. The van der Waals surface area contributed by atoms with Crippen molar-refractivity contribution >= 4 is 29.5 Å². The highest BCUT2D eigenvalue weighted by molar-refractivity contribution is 6.31. The fourth-order valence-electron chi connectivity index (χ4n) is 2.81. The van der Waals surface area contributed by atoms with Gasteiger partial charge >= 0.3 is 17.9 Å². The number of carbonyl (C=O) groups is 3. The molecular weight excluding hydrogens is 364 g/mol. The van der Waals surface area contributed by atoms with Crippen LogP contribution in [0, 0.1) is 6.92 Å². The zero-order valence-corrected chi connectivity index (χ0v) is 15.7. The van der Waals surface area contributed by atoms with Crippen molar-refractivity contribution in [3.05, 3.63) is 34.3 Å². The van der Waals surface area contributed by atoms with Crippen LogP contribution in [-0.4, -0.2) is 42.8 Å². The van der Waals surface area contributed by atoms with Crippen LogP contribution in [0.3, 0.4) is 0 Å². The van der Waals surface area contributed by atoms with Crippen molar-refractivity contribution in [2.75, 3.05) is 6.61 Å². The van der Waals surface area contributed by atoms with Gasteiger partial charge in [-0.25, -0.2) is 0 Å². The number of hydrogen-bond acceptors (Lipinski definition) is 7. The van der Waals surface area contributed by atoms with Crippen LogP contribution in [0.15, 0.2) is 18.2 Å². The van der Waals surface area contributed by atoms with Crippen LogP contribution >= 0.6 is 11.6 Å². The molecule has 1 saturated heterocycles. The summed E-state index contributed by atoms with van der Waals surface area (Å²) in [6.07, 6.45) is -3.61. The average molecular weight is 385 g/mol. The standard InChI is InChI=1S/C18H21ClO7/c1-9-5-6-13(7-14(9)19)16-18(26-12(4)22)17(25-11(3)21)15(8-23-16)24-10(2)20/h5-7,15-18H,8H2,1-4H3/t15-,16+,17+,18+/m1/s1. The Bertz CT molecular complexity index is 703. The van der Waals surface area contributed by atoms with Crippen LogP contribution in [0.5, 0.6) is 0 Å². The summed E-state index contributed by atoms with van der Waals surface area (Å²) in [4.78, 5) is 34.5. The molecule has 1 aliphatic heterocycles. The monoisotopic (exact) mass is 384 g/mol. The molecule has 0 bridgehead atoms. The van der Waals surface area contributed by atoms with Gasteiger partial charge in [-0.15, -0.1) is 0 Å². The summed E-state index contributed by atoms with van der Waals surface area (Å²) in [6, 6.07) is 5.30. The van der Waals surface area contributed by atoms with E-state index in [1.54, 1.807) is 12.1 Å². The third-order valence-corrected chi connectivity index (χ3v) is 4.28. The molecule has 0 spiro atoms. The molecule has 0 saturated carbocycles. The van der Waals surface area contributed by atoms with Gasteiger partial charge in [0, 0.05) is 25.8 Å². The molecule has 0 aromatic heterocycles. The predicted octanol–water partition coefficient (Wildman–Crippen LogP) is 2.51. The van der Waals surface area contributed by atoms with Gasteiger partial charge < -0.3 is 18.9 Å². The molecular formula is C18H21ClO7. The number of esters is 3. The summed E-state index contributed by atoms with van der Waals surface area (Å²) in [5.74, 6) is -1.73. The van der Waals surface area contributed by atoms with Gasteiger partial charge in [0.05, 0.1) is 6.61 Å². The van der Waals surface area contributed by atoms with E-state index in [4.69, 9.17) is 30.5 Å². The van der Waals surface area contributed by atoms with Gasteiger partial charge in [-0.3, -0.25) is 14.4 Å². The van der Waals surface area contributed by atoms with E-state index < -0.39 is 42.3 Å². The number of aryl methyl sites for hydroxylation is 1. The fraction of sp³-hybridized carbons (Fsp3) is 0.500. The number of halogens is 1. The molecule has 1 aliphatic rings. The Morgan fingerprint density at radius 3 is 2.12 bits per heavy atom. The Morgan fingerprint density at radius 2 is 1.58 bits per heavy atom. The first-order valence-electron chi connectivity index (χ1n) is 8.08. The predicted molar refractivity (Wildman–Crippen MR) is 91.5 cm³/mol. The van der Waals surface area contributed by atoms with Crippen LogP contribution in [0.4, 0.5) is 0 Å². The smallest absolute Gasteiger partial charge is 0.303 e. The summed E-state index contributed by atoms with van der Waals surface area (Å²) in [5, 5.41) is 0.527. The maximum absolute atomic E-state index is 11.6. The quantitative estimate of drug-likeness (QED) is 0.582. The second kappa shape index (κ2) is 8.51. The largest absolute Gasteiger partial charge is 0.456 e. The van der Waals surface area contributed by atoms with Crippen LogP contribution in [0.25, 0.3) is 0 Å². The molecule has 8 heteroatoms. The van der Waals surface area contributed by atoms with Crippen LogP contribution in [0.2, 0.25) is 5.02 Å². The van der Waals surface area contributed by atoms with Crippen molar-refractivity contribution < 1.29 is 33.3 Å². The third-order valence-electron chi connectivity index (χ3n) is 3.87. The SMILES string of the molecule is CC(=O)O[C@@H]1[C@@H](OC(C)=O)[C@H](c2ccc(C)c(Cl)c2)OC[C@H]1OC(C)=O. The Labute approximate surface area is 156 Å². The van der Waals surface area contributed by atoms with Gasteiger partial charge in [0.15, 0.2) is 18.3 Å². The first-order chi connectivity index (χ1) is 12.2. The Kier molecular flexibility index (Phi) is 6.61. The highest BCUT2D eigenvalue weighted by Crippen LogP contribution is 2.35. The molecule has 1 aromatic carbocycles. The fourth-order valence-corrected chi connectivity index (χ4v) is 3.00. The number of benzene rings is 1. The van der Waals surface area contributed by atoms with E-state index in [0.29, 0.717) is 10.6 Å². The van der Waals surface area contributed by atoms with E-state index in [0.717, 1.165) is 5.56 Å². The summed E-state index contributed by atoms with van der Waals surface area (Å²) in [6.45, 7) is 5.53. The Morgan fingerprint density at radius 1 is 1.00 bits per heavy atom. The van der Waals surface area contributed by atoms with Crippen molar-refractivity contribution in [3.63, 3.8) is 0 Å². The average Bonchev–Trinajstić information content (AvgIpc) is 2.52. The first kappa shape index (κ1) is 20.2. The maximum atomic E-state index is 11.6. The topological polar surface area (TPSA) is 88.1 Å². The lowest BCUT2D eigenvalue weighted by Gasteiger charge is -2.40. The molecule has 26 heavy (non-hydrogen) atoms. The van der Waals surface area contributed by atoms with Gasteiger partial charge in [0.25, 0.3) is 0 Å². The van der Waals surface area contributed by atoms with E-state index >= 15 is 0 Å². The molecule has 0 amide bonds. The van der Waals surface area contributed by atoms with Crippen LogP contribution < -0.4 is 0 Å². The minimum atomic E-state index is -1.00. The molecule has 0 aliphatic carbocycles. The van der Waals surface area contributed by atoms with Crippen molar-refractivity contribution in [2.24, 2.45) is 0 Å². The highest BCUT2D eigenvalue weighted by Gasteiger charge is 2.47. The number of rotatable bonds is 4. The second-order valence-corrected chi connectivity index (χ2v) is 6.47. The molecule has 1 heterocycles. The van der Waals surface area contributed by atoms with Crippen molar-refractivity contribution in [1.82, 2.24) is 0 Å². The highest BCUT2D eigenvalue weighted by atomic mass is 35.5. The summed E-state index contributed by atoms with van der Waals surface area (Å²) >= 11 is 6.19. The molecule has 0 N–H and O–H groups in total. The van der Waals surface area contributed by atoms with E-state index in [2.05, 4.69) is 0 Å². The van der Waals surface area contributed by atoms with E-state index in [-0.39, 0.29) is 6.61 Å². The molecule has 4 atom stereocenters. The van der Waals surface area contributed by atoms with Crippen LogP contribution in [0.1, 0.15) is 38.0 Å². The lowest BCUT2D eigenvalue weighted by Crippen LogP contribution is -2.54. The zero-order valence-electron chi connectivity index (χ0n) is 15.0. The molecule has 0 radical (unpaired) electrons. The maximum Gasteiger partial charge on any atom is 0.303 e. The summed E-state index contributed by atoms with van der Waals surface area (Å²) < 4.78 is 21.7. The Balaban J connectivity index is 2.40. The minimum absolute atomic E-state index is 0.0224. The molecule has 0 unspecified atom stereocenters. The third kappa shape index (κ3) is 4.95. The van der Waals surface area contributed by atoms with Crippen molar-refractivity contribution in [1.29, 1.82) is 0 Å². The van der Waals surface area contributed by atoms with Crippen LogP contribution in [-0.2, 0) is 33.3 Å². The lowest BCUT2D eigenvalue weighted by atomic mass is 9.93. The number of hydrogen-bond donors (Lipinski definition) is 0. The van der Waals surface area contributed by atoms with E-state index in [9.17, 15) is 14.4 Å². The van der Waals surface area contributed by atoms with Crippen molar-refractivity contribution in [3.8, 4) is 0 Å². The number of ether oxygens (including phenoxy) is 4. The van der Waals surface area contributed by atoms with Gasteiger partial charge in [-0.2, -0.15) is 0 Å². The van der Waals surface area contributed by atoms with Crippen molar-refractivity contribution in [2.45, 2.75) is 52.1 Å². The molecule has 1 fully saturated rings. The second-order valence-electron chi connectivity index (χ2n) is 6.06. The molecule has 2 rings (SSSR count). The number of carbonyl (C=O) groups excluding carboxylic acids is 3. The Hall–Kier alpha value is -2.12. The minimum Gasteiger partial charge on any atom is -0.456 e.